The highest BCUT2D eigenvalue weighted by Crippen LogP contribution is 2.14. The fourth-order valence-electron chi connectivity index (χ4n) is 1.18. The van der Waals surface area contributed by atoms with Gasteiger partial charge in [0.2, 0.25) is 11.8 Å². The lowest BCUT2D eigenvalue weighted by Crippen LogP contribution is -2.18. The third kappa shape index (κ3) is 2.60. The van der Waals surface area contributed by atoms with Crippen LogP contribution in [0.2, 0.25) is 0 Å². The van der Waals surface area contributed by atoms with Crippen LogP contribution in [0.5, 0.6) is 0 Å². The molecule has 2 rings (SSSR count). The van der Waals surface area contributed by atoms with Crippen molar-refractivity contribution in [1.29, 1.82) is 0 Å². The van der Waals surface area contributed by atoms with E-state index < -0.39 is 0 Å². The Morgan fingerprint density at radius 3 is 3.00 bits per heavy atom. The van der Waals surface area contributed by atoms with Crippen LogP contribution in [0.4, 0.5) is 0 Å². The molecule has 0 spiro atoms. The van der Waals surface area contributed by atoms with Gasteiger partial charge in [-0.15, -0.1) is 21.5 Å². The molecule has 0 aromatic carbocycles. The normalized spacial score (nSPS) is 12.9. The van der Waals surface area contributed by atoms with E-state index in [0.29, 0.717) is 18.3 Å². The van der Waals surface area contributed by atoms with Crippen molar-refractivity contribution in [3.8, 4) is 0 Å². The van der Waals surface area contributed by atoms with Crippen molar-refractivity contribution in [3.63, 3.8) is 0 Å². The fraction of sp³-hybridized carbons (Fsp3) is 0.444. The summed E-state index contributed by atoms with van der Waals surface area (Å²) in [6.45, 7) is 4.41. The molecule has 0 aliphatic rings. The van der Waals surface area contributed by atoms with Gasteiger partial charge in [-0.2, -0.15) is 0 Å². The lowest BCUT2D eigenvalue weighted by atomic mass is 10.3. The first kappa shape index (κ1) is 10.3. The summed E-state index contributed by atoms with van der Waals surface area (Å²) in [5.74, 6) is 1.20. The molecule has 5 nitrogen and oxygen atoms in total. The summed E-state index contributed by atoms with van der Waals surface area (Å²) in [5, 5.41) is 14.0. The quantitative estimate of drug-likeness (QED) is 0.856. The van der Waals surface area contributed by atoms with Gasteiger partial charge in [0.1, 0.15) is 5.01 Å². The smallest absolute Gasteiger partial charge is 0.230 e. The molecule has 2 heterocycles. The Labute approximate surface area is 91.6 Å². The van der Waals surface area contributed by atoms with Crippen molar-refractivity contribution in [1.82, 2.24) is 20.5 Å². The molecule has 0 aliphatic heterocycles. The van der Waals surface area contributed by atoms with Crippen LogP contribution in [-0.2, 0) is 6.54 Å². The monoisotopic (exact) mass is 224 g/mol. The van der Waals surface area contributed by atoms with E-state index in [2.05, 4.69) is 27.4 Å². The Morgan fingerprint density at radius 2 is 2.40 bits per heavy atom. The Bertz CT molecular complexity index is 411. The molecule has 1 atom stereocenters. The molecule has 0 amide bonds. The summed E-state index contributed by atoms with van der Waals surface area (Å²) in [7, 11) is 0. The number of hydrogen-bond acceptors (Lipinski definition) is 6. The van der Waals surface area contributed by atoms with Crippen LogP contribution in [0.3, 0.4) is 0 Å². The first-order chi connectivity index (χ1) is 7.25. The van der Waals surface area contributed by atoms with Gasteiger partial charge in [0.15, 0.2) is 0 Å². The van der Waals surface area contributed by atoms with Crippen molar-refractivity contribution in [2.24, 2.45) is 0 Å². The van der Waals surface area contributed by atoms with E-state index in [4.69, 9.17) is 4.42 Å². The maximum atomic E-state index is 5.25. The summed E-state index contributed by atoms with van der Waals surface area (Å²) in [5.41, 5.74) is 0. The first-order valence-corrected chi connectivity index (χ1v) is 5.55. The SMILES string of the molecule is Cc1nnc(CNC(C)c2nccs2)o1. The summed E-state index contributed by atoms with van der Waals surface area (Å²) in [4.78, 5) is 4.22. The van der Waals surface area contributed by atoms with E-state index in [1.165, 1.54) is 0 Å². The van der Waals surface area contributed by atoms with Gasteiger partial charge in [0, 0.05) is 18.5 Å². The third-order valence-electron chi connectivity index (χ3n) is 1.95. The van der Waals surface area contributed by atoms with Gasteiger partial charge in [0.05, 0.1) is 12.6 Å². The lowest BCUT2D eigenvalue weighted by molar-refractivity contribution is 0.430. The average molecular weight is 224 g/mol. The third-order valence-corrected chi connectivity index (χ3v) is 2.91. The molecule has 6 heteroatoms. The van der Waals surface area contributed by atoms with Crippen LogP contribution in [0.1, 0.15) is 29.8 Å². The Hall–Kier alpha value is -1.27. The number of hydrogen-bond donors (Lipinski definition) is 1. The van der Waals surface area contributed by atoms with Crippen LogP contribution < -0.4 is 5.32 Å². The molecule has 0 saturated heterocycles. The largest absolute Gasteiger partial charge is 0.424 e. The highest BCUT2D eigenvalue weighted by atomic mass is 32.1. The number of nitrogens with zero attached hydrogens (tertiary/aromatic N) is 3. The zero-order valence-corrected chi connectivity index (χ0v) is 9.41. The molecule has 0 aliphatic carbocycles. The van der Waals surface area contributed by atoms with Gasteiger partial charge in [-0.25, -0.2) is 4.98 Å². The molecule has 0 bridgehead atoms. The van der Waals surface area contributed by atoms with Crippen molar-refractivity contribution in [2.75, 3.05) is 0 Å². The number of rotatable bonds is 4. The first-order valence-electron chi connectivity index (χ1n) is 4.67. The zero-order valence-electron chi connectivity index (χ0n) is 8.60. The van der Waals surface area contributed by atoms with Crippen LogP contribution in [0.25, 0.3) is 0 Å². The van der Waals surface area contributed by atoms with Crippen LogP contribution in [-0.4, -0.2) is 15.2 Å². The zero-order chi connectivity index (χ0) is 10.7. The lowest BCUT2D eigenvalue weighted by Gasteiger charge is -2.08. The molecular formula is C9H12N4OS. The second-order valence-corrected chi connectivity index (χ2v) is 4.11. The second kappa shape index (κ2) is 4.50. The topological polar surface area (TPSA) is 63.8 Å². The molecule has 1 N–H and O–H groups in total. The highest BCUT2D eigenvalue weighted by Gasteiger charge is 2.09. The number of nitrogens with one attached hydrogen (secondary N) is 1. The van der Waals surface area contributed by atoms with Crippen molar-refractivity contribution >= 4 is 11.3 Å². The van der Waals surface area contributed by atoms with Crippen molar-refractivity contribution in [3.05, 3.63) is 28.4 Å². The molecule has 2 aromatic heterocycles. The van der Waals surface area contributed by atoms with Gasteiger partial charge < -0.3 is 4.42 Å². The van der Waals surface area contributed by atoms with E-state index in [9.17, 15) is 0 Å². The molecule has 15 heavy (non-hydrogen) atoms. The second-order valence-electron chi connectivity index (χ2n) is 3.19. The van der Waals surface area contributed by atoms with Gasteiger partial charge in [0.25, 0.3) is 0 Å². The number of aromatic nitrogens is 3. The van der Waals surface area contributed by atoms with E-state index in [0.717, 1.165) is 5.01 Å². The summed E-state index contributed by atoms with van der Waals surface area (Å²) in [6, 6.07) is 0.206. The minimum absolute atomic E-state index is 0.206. The summed E-state index contributed by atoms with van der Waals surface area (Å²) >= 11 is 1.63. The molecule has 0 radical (unpaired) electrons. The molecular weight excluding hydrogens is 212 g/mol. The van der Waals surface area contributed by atoms with E-state index in [-0.39, 0.29) is 6.04 Å². The molecule has 2 aromatic rings. The minimum atomic E-state index is 0.206. The molecule has 80 valence electrons. The van der Waals surface area contributed by atoms with Crippen molar-refractivity contribution in [2.45, 2.75) is 26.4 Å². The summed E-state index contributed by atoms with van der Waals surface area (Å²) < 4.78 is 5.25. The van der Waals surface area contributed by atoms with Crippen molar-refractivity contribution < 1.29 is 4.42 Å². The maximum Gasteiger partial charge on any atom is 0.230 e. The Balaban J connectivity index is 1.88. The Morgan fingerprint density at radius 1 is 1.53 bits per heavy atom. The van der Waals surface area contributed by atoms with Gasteiger partial charge in [-0.3, -0.25) is 5.32 Å². The van der Waals surface area contributed by atoms with Gasteiger partial charge in [-0.1, -0.05) is 0 Å². The average Bonchev–Trinajstić information content (AvgIpc) is 2.84. The Kier molecular flexibility index (Phi) is 3.08. The predicted molar refractivity (Wildman–Crippen MR) is 56.4 cm³/mol. The van der Waals surface area contributed by atoms with Crippen LogP contribution in [0, 0.1) is 6.92 Å². The maximum absolute atomic E-state index is 5.25. The summed E-state index contributed by atoms with van der Waals surface area (Å²) in [6.07, 6.45) is 1.80. The van der Waals surface area contributed by atoms with E-state index >= 15 is 0 Å². The fourth-order valence-corrected chi connectivity index (χ4v) is 1.86. The molecule has 0 fully saturated rings. The predicted octanol–water partition coefficient (Wildman–Crippen LogP) is 1.69. The van der Waals surface area contributed by atoms with Crippen LogP contribution >= 0.6 is 11.3 Å². The molecule has 1 unspecified atom stereocenters. The number of aryl methyl sites for hydroxylation is 1. The number of thiazole rings is 1. The standard InChI is InChI=1S/C9H12N4OS/c1-6(9-10-3-4-15-9)11-5-8-13-12-7(2)14-8/h3-4,6,11H,5H2,1-2H3. The van der Waals surface area contributed by atoms with Gasteiger partial charge in [-0.05, 0) is 6.92 Å². The van der Waals surface area contributed by atoms with E-state index in [1.807, 2.05) is 5.38 Å². The van der Waals surface area contributed by atoms with Crippen LogP contribution in [0.15, 0.2) is 16.0 Å². The minimum Gasteiger partial charge on any atom is -0.424 e. The van der Waals surface area contributed by atoms with Gasteiger partial charge >= 0.3 is 0 Å². The van der Waals surface area contributed by atoms with E-state index in [1.54, 1.807) is 24.5 Å². The molecule has 0 saturated carbocycles. The highest BCUT2D eigenvalue weighted by molar-refractivity contribution is 7.09.